The van der Waals surface area contributed by atoms with Crippen LogP contribution >= 0.6 is 11.6 Å². The number of H-pyrrole nitrogens is 1. The molecular weight excluding hydrogens is 238 g/mol. The molecular formula is C12H12ClN3O. The molecule has 0 bridgehead atoms. The van der Waals surface area contributed by atoms with E-state index in [4.69, 9.17) is 17.3 Å². The maximum absolute atomic E-state index is 11.7. The van der Waals surface area contributed by atoms with Gasteiger partial charge >= 0.3 is 0 Å². The summed E-state index contributed by atoms with van der Waals surface area (Å²) in [4.78, 5) is 18.5. The number of halogens is 1. The van der Waals surface area contributed by atoms with Crippen LogP contribution in [-0.2, 0) is 6.42 Å². The third-order valence-corrected chi connectivity index (χ3v) is 2.68. The number of rotatable bonds is 3. The van der Waals surface area contributed by atoms with Crippen LogP contribution in [-0.4, -0.2) is 16.5 Å². The Morgan fingerprint density at radius 1 is 1.41 bits per heavy atom. The Bertz CT molecular complexity index is 580. The van der Waals surface area contributed by atoms with E-state index in [0.29, 0.717) is 29.2 Å². The number of hydrogen-bond acceptors (Lipinski definition) is 3. The van der Waals surface area contributed by atoms with E-state index in [1.54, 1.807) is 12.1 Å². The Hall–Kier alpha value is -1.65. The minimum atomic E-state index is -0.152. The number of hydrogen-bond donors (Lipinski definition) is 2. The largest absolute Gasteiger partial charge is 0.330 e. The highest BCUT2D eigenvalue weighted by Gasteiger charge is 2.10. The predicted molar refractivity (Wildman–Crippen MR) is 68.1 cm³/mol. The van der Waals surface area contributed by atoms with Crippen molar-refractivity contribution in [2.75, 3.05) is 6.54 Å². The third kappa shape index (κ3) is 2.54. The van der Waals surface area contributed by atoms with Gasteiger partial charge in [0, 0.05) is 16.1 Å². The van der Waals surface area contributed by atoms with Crippen LogP contribution in [0.3, 0.4) is 0 Å². The fourth-order valence-electron chi connectivity index (χ4n) is 1.69. The van der Waals surface area contributed by atoms with Gasteiger partial charge in [-0.15, -0.1) is 0 Å². The molecule has 1 aromatic carbocycles. The Morgan fingerprint density at radius 2 is 2.24 bits per heavy atom. The monoisotopic (exact) mass is 249 g/mol. The lowest BCUT2D eigenvalue weighted by Crippen LogP contribution is -2.18. The molecule has 17 heavy (non-hydrogen) atoms. The van der Waals surface area contributed by atoms with Crippen molar-refractivity contribution in [3.05, 3.63) is 51.5 Å². The molecule has 0 radical (unpaired) electrons. The van der Waals surface area contributed by atoms with Crippen LogP contribution in [0.2, 0.25) is 5.02 Å². The van der Waals surface area contributed by atoms with Crippen LogP contribution in [0.25, 0.3) is 11.3 Å². The molecule has 88 valence electrons. The Morgan fingerprint density at radius 3 is 2.94 bits per heavy atom. The van der Waals surface area contributed by atoms with Crippen molar-refractivity contribution in [3.63, 3.8) is 0 Å². The van der Waals surface area contributed by atoms with E-state index < -0.39 is 0 Å². The molecule has 0 saturated carbocycles. The summed E-state index contributed by atoms with van der Waals surface area (Å²) in [7, 11) is 0. The summed E-state index contributed by atoms with van der Waals surface area (Å²) in [5, 5.41) is 0.614. The Balaban J connectivity index is 2.59. The van der Waals surface area contributed by atoms with E-state index >= 15 is 0 Å². The van der Waals surface area contributed by atoms with Gasteiger partial charge in [-0.2, -0.15) is 0 Å². The first-order valence-electron chi connectivity index (χ1n) is 5.25. The maximum atomic E-state index is 11.7. The Kier molecular flexibility index (Phi) is 3.56. The molecule has 4 nitrogen and oxygen atoms in total. The summed E-state index contributed by atoms with van der Waals surface area (Å²) in [5.41, 5.74) is 7.41. The van der Waals surface area contributed by atoms with Gasteiger partial charge < -0.3 is 10.7 Å². The fourth-order valence-corrected chi connectivity index (χ4v) is 1.88. The zero-order valence-corrected chi connectivity index (χ0v) is 9.87. The van der Waals surface area contributed by atoms with Crippen LogP contribution in [0.15, 0.2) is 35.4 Å². The minimum absolute atomic E-state index is 0.152. The van der Waals surface area contributed by atoms with E-state index in [-0.39, 0.29) is 5.56 Å². The van der Waals surface area contributed by atoms with Gasteiger partial charge in [-0.1, -0.05) is 23.7 Å². The molecule has 0 saturated heterocycles. The first kappa shape index (κ1) is 11.8. The van der Waals surface area contributed by atoms with Crippen molar-refractivity contribution in [2.45, 2.75) is 6.42 Å². The van der Waals surface area contributed by atoms with E-state index in [2.05, 4.69) is 9.97 Å². The summed E-state index contributed by atoms with van der Waals surface area (Å²) < 4.78 is 0. The minimum Gasteiger partial charge on any atom is -0.330 e. The van der Waals surface area contributed by atoms with Crippen molar-refractivity contribution in [2.24, 2.45) is 5.73 Å². The van der Waals surface area contributed by atoms with E-state index in [1.807, 2.05) is 12.1 Å². The molecule has 2 rings (SSSR count). The zero-order chi connectivity index (χ0) is 12.3. The van der Waals surface area contributed by atoms with Gasteiger partial charge in [0.2, 0.25) is 0 Å². The molecule has 0 aliphatic rings. The van der Waals surface area contributed by atoms with Crippen molar-refractivity contribution >= 4 is 11.6 Å². The number of aromatic nitrogens is 2. The standard InChI is InChI=1S/C12H12ClN3O/c13-9-3-1-2-8(6-9)11-10(4-5-14)12(17)16-7-15-11/h1-3,6-7H,4-5,14H2,(H,15,16,17). The highest BCUT2D eigenvalue weighted by atomic mass is 35.5. The fraction of sp³-hybridized carbons (Fsp3) is 0.167. The summed E-state index contributed by atoms with van der Waals surface area (Å²) >= 11 is 5.93. The molecule has 2 aromatic rings. The van der Waals surface area contributed by atoms with Gasteiger partial charge in [0.05, 0.1) is 12.0 Å². The van der Waals surface area contributed by atoms with E-state index in [9.17, 15) is 4.79 Å². The van der Waals surface area contributed by atoms with Gasteiger partial charge in [-0.3, -0.25) is 4.79 Å². The highest BCUT2D eigenvalue weighted by Crippen LogP contribution is 2.22. The van der Waals surface area contributed by atoms with E-state index in [1.165, 1.54) is 6.33 Å². The van der Waals surface area contributed by atoms with Gasteiger partial charge in [0.15, 0.2) is 0 Å². The Labute approximate surface area is 103 Å². The molecule has 0 atom stereocenters. The van der Waals surface area contributed by atoms with Gasteiger partial charge in [0.1, 0.15) is 0 Å². The van der Waals surface area contributed by atoms with Crippen LogP contribution < -0.4 is 11.3 Å². The third-order valence-electron chi connectivity index (χ3n) is 2.44. The summed E-state index contributed by atoms with van der Waals surface area (Å²) in [5.74, 6) is 0. The first-order valence-corrected chi connectivity index (χ1v) is 5.62. The molecule has 1 aromatic heterocycles. The molecule has 0 amide bonds. The van der Waals surface area contributed by atoms with E-state index in [0.717, 1.165) is 5.56 Å². The molecule has 0 unspecified atom stereocenters. The quantitative estimate of drug-likeness (QED) is 0.868. The number of aromatic amines is 1. The lowest BCUT2D eigenvalue weighted by molar-refractivity contribution is 0.925. The van der Waals surface area contributed by atoms with Crippen LogP contribution in [0, 0.1) is 0 Å². The summed E-state index contributed by atoms with van der Waals surface area (Å²) in [6, 6.07) is 7.25. The average Bonchev–Trinajstić information content (AvgIpc) is 2.32. The van der Waals surface area contributed by atoms with Gasteiger partial charge in [-0.05, 0) is 25.1 Å². The van der Waals surface area contributed by atoms with Crippen LogP contribution in [0.4, 0.5) is 0 Å². The second-order valence-corrected chi connectivity index (χ2v) is 4.04. The maximum Gasteiger partial charge on any atom is 0.254 e. The molecule has 3 N–H and O–H groups in total. The van der Waals surface area contributed by atoms with Crippen molar-refractivity contribution < 1.29 is 0 Å². The molecule has 5 heteroatoms. The molecule has 0 aliphatic heterocycles. The first-order chi connectivity index (χ1) is 8.22. The number of nitrogens with two attached hydrogens (primary N) is 1. The number of nitrogens with zero attached hydrogens (tertiary/aromatic N) is 1. The normalized spacial score (nSPS) is 10.5. The number of benzene rings is 1. The predicted octanol–water partition coefficient (Wildman–Crippen LogP) is 1.59. The second kappa shape index (κ2) is 5.12. The average molecular weight is 250 g/mol. The van der Waals surface area contributed by atoms with Gasteiger partial charge in [-0.25, -0.2) is 4.98 Å². The number of nitrogens with one attached hydrogen (secondary N) is 1. The zero-order valence-electron chi connectivity index (χ0n) is 9.11. The lowest BCUT2D eigenvalue weighted by Gasteiger charge is -2.06. The second-order valence-electron chi connectivity index (χ2n) is 3.61. The molecule has 0 aliphatic carbocycles. The molecule has 0 fully saturated rings. The lowest BCUT2D eigenvalue weighted by atomic mass is 10.1. The van der Waals surface area contributed by atoms with Crippen molar-refractivity contribution in [3.8, 4) is 11.3 Å². The SMILES string of the molecule is NCCc1c(-c2cccc(Cl)c2)nc[nH]c1=O. The highest BCUT2D eigenvalue weighted by molar-refractivity contribution is 6.30. The molecule has 1 heterocycles. The van der Waals surface area contributed by atoms with Crippen LogP contribution in [0.5, 0.6) is 0 Å². The topological polar surface area (TPSA) is 71.8 Å². The van der Waals surface area contributed by atoms with Crippen LogP contribution in [0.1, 0.15) is 5.56 Å². The molecule has 0 spiro atoms. The smallest absolute Gasteiger partial charge is 0.254 e. The summed E-state index contributed by atoms with van der Waals surface area (Å²) in [6.07, 6.45) is 1.88. The van der Waals surface area contributed by atoms with Gasteiger partial charge in [0.25, 0.3) is 5.56 Å². The van der Waals surface area contributed by atoms with Crippen molar-refractivity contribution in [1.29, 1.82) is 0 Å². The van der Waals surface area contributed by atoms with Crippen molar-refractivity contribution in [1.82, 2.24) is 9.97 Å². The summed E-state index contributed by atoms with van der Waals surface area (Å²) in [6.45, 7) is 0.405.